The fourth-order valence-corrected chi connectivity index (χ4v) is 11.5. The van der Waals surface area contributed by atoms with E-state index < -0.39 is 8.07 Å². The molecule has 4 heterocycles. The highest BCUT2D eigenvalue weighted by atomic mass is 28.3. The Kier molecular flexibility index (Phi) is 4.63. The van der Waals surface area contributed by atoms with E-state index in [1.54, 1.807) is 12.4 Å². The fraction of sp³-hybridized carbons (Fsp3) is 0.0286. The van der Waals surface area contributed by atoms with E-state index >= 15 is 0 Å². The molecule has 194 valence electrons. The van der Waals surface area contributed by atoms with Gasteiger partial charge in [0.1, 0.15) is 34.1 Å². The minimum absolute atomic E-state index is 0.562. The summed E-state index contributed by atoms with van der Waals surface area (Å²) in [7, 11) is -2.95. The standard InChI is InChI=1S/C35H22N2O3Si/c1-2-8-26-24(7-1)19-25-14-13-22(20-30(25)38-26)23-15-16-29-33(21-23)41(31-11-5-3-9-27(31)39-29)32-12-6-4-10-28(32)40-34-35(41)37-18-17-36-34/h1-18,20-21H,19H2. The van der Waals surface area contributed by atoms with E-state index in [4.69, 9.17) is 19.2 Å². The number of fused-ring (bicyclic) bond motifs is 10. The van der Waals surface area contributed by atoms with Crippen molar-refractivity contribution >= 4 is 29.0 Å². The van der Waals surface area contributed by atoms with Crippen molar-refractivity contribution in [1.29, 1.82) is 0 Å². The van der Waals surface area contributed by atoms with Crippen LogP contribution in [0.5, 0.6) is 34.6 Å². The molecule has 1 atom stereocenters. The van der Waals surface area contributed by atoms with Crippen LogP contribution in [0.15, 0.2) is 122 Å². The van der Waals surface area contributed by atoms with Crippen LogP contribution in [0.4, 0.5) is 0 Å². The SMILES string of the molecule is c1ccc2c(c1)Cc1ccc(-c3ccc4c(c3)[Si]3(c5ccccc5O4)c4ccccc4Oc4nccnc43)cc1O2. The van der Waals surface area contributed by atoms with Gasteiger partial charge in [-0.15, -0.1) is 0 Å². The second-order valence-corrected chi connectivity index (χ2v) is 14.2. The van der Waals surface area contributed by atoms with Crippen LogP contribution in [0.25, 0.3) is 11.1 Å². The van der Waals surface area contributed by atoms with Gasteiger partial charge in [-0.3, -0.25) is 4.98 Å². The third-order valence-electron chi connectivity index (χ3n) is 8.39. The summed E-state index contributed by atoms with van der Waals surface area (Å²) < 4.78 is 19.3. The molecule has 0 radical (unpaired) electrons. The maximum Gasteiger partial charge on any atom is 0.237 e. The average Bonchev–Trinajstić information content (AvgIpc) is 3.03. The predicted molar refractivity (Wildman–Crippen MR) is 161 cm³/mol. The normalized spacial score (nSPS) is 16.9. The molecule has 1 spiro atoms. The molecule has 0 N–H and O–H groups in total. The summed E-state index contributed by atoms with van der Waals surface area (Å²) in [5, 5.41) is 4.31. The van der Waals surface area contributed by atoms with Gasteiger partial charge in [0, 0.05) is 24.0 Å². The van der Waals surface area contributed by atoms with Crippen LogP contribution in [0, 0.1) is 0 Å². The smallest absolute Gasteiger partial charge is 0.237 e. The zero-order valence-electron chi connectivity index (χ0n) is 21.9. The number of nitrogens with zero attached hydrogens (tertiary/aromatic N) is 2. The maximum atomic E-state index is 6.58. The van der Waals surface area contributed by atoms with Crippen LogP contribution in [-0.2, 0) is 6.42 Å². The van der Waals surface area contributed by atoms with Crippen molar-refractivity contribution in [3.05, 3.63) is 133 Å². The van der Waals surface area contributed by atoms with Crippen molar-refractivity contribution in [3.8, 4) is 45.8 Å². The van der Waals surface area contributed by atoms with Crippen LogP contribution >= 0.6 is 0 Å². The van der Waals surface area contributed by atoms with Crippen LogP contribution in [0.2, 0.25) is 0 Å². The van der Waals surface area contributed by atoms with Crippen molar-refractivity contribution in [1.82, 2.24) is 9.97 Å². The Bertz CT molecular complexity index is 1940. The number of hydrogen-bond acceptors (Lipinski definition) is 5. The number of benzene rings is 5. The quantitative estimate of drug-likeness (QED) is 0.257. The second-order valence-electron chi connectivity index (χ2n) is 10.6. The van der Waals surface area contributed by atoms with Gasteiger partial charge in [0.15, 0.2) is 0 Å². The summed E-state index contributed by atoms with van der Waals surface area (Å²) in [6, 6.07) is 37.9. The highest BCUT2D eigenvalue weighted by Gasteiger charge is 2.54. The third-order valence-corrected chi connectivity index (χ3v) is 13.1. The van der Waals surface area contributed by atoms with E-state index in [1.165, 1.54) is 11.1 Å². The molecule has 0 saturated heterocycles. The Morgan fingerprint density at radius 2 is 1.10 bits per heavy atom. The first-order chi connectivity index (χ1) is 20.3. The molecule has 3 aliphatic rings. The lowest BCUT2D eigenvalue weighted by molar-refractivity contribution is 0.460. The molecule has 0 bridgehead atoms. The van der Waals surface area contributed by atoms with E-state index in [2.05, 4.69) is 77.8 Å². The van der Waals surface area contributed by atoms with Crippen molar-refractivity contribution in [2.75, 3.05) is 0 Å². The van der Waals surface area contributed by atoms with E-state index in [-0.39, 0.29) is 0 Å². The van der Waals surface area contributed by atoms with Gasteiger partial charge in [-0.1, -0.05) is 78.9 Å². The van der Waals surface area contributed by atoms with Gasteiger partial charge < -0.3 is 14.2 Å². The highest BCUT2D eigenvalue weighted by Crippen LogP contribution is 2.40. The lowest BCUT2D eigenvalue weighted by Crippen LogP contribution is -2.78. The van der Waals surface area contributed by atoms with Crippen LogP contribution in [0.3, 0.4) is 0 Å². The lowest BCUT2D eigenvalue weighted by Gasteiger charge is -2.41. The Balaban J connectivity index is 1.28. The molecule has 0 fully saturated rings. The molecule has 5 nitrogen and oxygen atoms in total. The zero-order valence-corrected chi connectivity index (χ0v) is 22.9. The third kappa shape index (κ3) is 3.16. The van der Waals surface area contributed by atoms with Crippen molar-refractivity contribution in [2.45, 2.75) is 6.42 Å². The summed E-state index contributed by atoms with van der Waals surface area (Å²) in [5.74, 6) is 4.91. The minimum atomic E-state index is -2.95. The van der Waals surface area contributed by atoms with Gasteiger partial charge in [0.25, 0.3) is 0 Å². The van der Waals surface area contributed by atoms with Crippen LogP contribution < -0.4 is 35.1 Å². The topological polar surface area (TPSA) is 53.5 Å². The molecule has 0 saturated carbocycles. The molecule has 3 aliphatic heterocycles. The molecule has 1 unspecified atom stereocenters. The fourth-order valence-electron chi connectivity index (χ4n) is 6.57. The Hall–Kier alpha value is -5.20. The molecule has 0 aliphatic carbocycles. The van der Waals surface area contributed by atoms with Crippen molar-refractivity contribution < 1.29 is 14.2 Å². The van der Waals surface area contributed by atoms with E-state index in [0.717, 1.165) is 67.2 Å². The molecule has 5 aromatic carbocycles. The summed E-state index contributed by atoms with van der Waals surface area (Å²) in [4.78, 5) is 9.63. The number of rotatable bonds is 1. The maximum absolute atomic E-state index is 6.58. The van der Waals surface area contributed by atoms with E-state index in [9.17, 15) is 0 Å². The van der Waals surface area contributed by atoms with Crippen molar-refractivity contribution in [3.63, 3.8) is 0 Å². The number of ether oxygens (including phenoxy) is 3. The summed E-state index contributed by atoms with van der Waals surface area (Å²) in [6.45, 7) is 0. The number of para-hydroxylation sites is 3. The lowest BCUT2D eigenvalue weighted by atomic mass is 9.97. The second kappa shape index (κ2) is 8.40. The highest BCUT2D eigenvalue weighted by molar-refractivity contribution is 7.21. The Labute approximate surface area is 237 Å². The summed E-state index contributed by atoms with van der Waals surface area (Å²) in [5.41, 5.74) is 4.59. The first-order valence-electron chi connectivity index (χ1n) is 13.7. The Morgan fingerprint density at radius 3 is 1.95 bits per heavy atom. The largest absolute Gasteiger partial charge is 0.458 e. The molecule has 0 amide bonds. The first-order valence-corrected chi connectivity index (χ1v) is 15.7. The predicted octanol–water partition coefficient (Wildman–Crippen LogP) is 5.43. The van der Waals surface area contributed by atoms with Gasteiger partial charge in [-0.2, -0.15) is 0 Å². The number of hydrogen-bond donors (Lipinski definition) is 0. The summed E-state index contributed by atoms with van der Waals surface area (Å²) in [6.07, 6.45) is 4.33. The molecule has 9 rings (SSSR count). The molecule has 6 aromatic rings. The first kappa shape index (κ1) is 22.6. The molecule has 1 aromatic heterocycles. The number of aromatic nitrogens is 2. The van der Waals surface area contributed by atoms with Crippen LogP contribution in [0.1, 0.15) is 11.1 Å². The van der Waals surface area contributed by atoms with E-state index in [1.807, 2.05) is 36.4 Å². The summed E-state index contributed by atoms with van der Waals surface area (Å²) >= 11 is 0. The van der Waals surface area contributed by atoms with Gasteiger partial charge in [-0.05, 0) is 63.0 Å². The molecular weight excluding hydrogens is 524 g/mol. The van der Waals surface area contributed by atoms with Crippen LogP contribution in [-0.4, -0.2) is 18.0 Å². The van der Waals surface area contributed by atoms with Crippen molar-refractivity contribution in [2.24, 2.45) is 0 Å². The van der Waals surface area contributed by atoms with Gasteiger partial charge >= 0.3 is 0 Å². The Morgan fingerprint density at radius 1 is 0.488 bits per heavy atom. The monoisotopic (exact) mass is 546 g/mol. The molecular formula is C35H22N2O3Si. The van der Waals surface area contributed by atoms with Gasteiger partial charge in [0.05, 0.1) is 0 Å². The molecule has 41 heavy (non-hydrogen) atoms. The zero-order chi connectivity index (χ0) is 27.0. The molecule has 6 heteroatoms. The van der Waals surface area contributed by atoms with E-state index in [0.29, 0.717) is 5.88 Å². The van der Waals surface area contributed by atoms with Gasteiger partial charge in [-0.25, -0.2) is 4.98 Å². The average molecular weight is 547 g/mol. The minimum Gasteiger partial charge on any atom is -0.458 e. The van der Waals surface area contributed by atoms with Gasteiger partial charge in [0.2, 0.25) is 14.0 Å².